The maximum Gasteiger partial charge on any atom is 0.348 e. The highest BCUT2D eigenvalue weighted by Gasteiger charge is 2.11. The van der Waals surface area contributed by atoms with Gasteiger partial charge in [-0.25, -0.2) is 9.59 Å². The molecule has 11 heteroatoms. The topological polar surface area (TPSA) is 168 Å². The molecule has 39 heavy (non-hydrogen) atoms. The number of nitriles is 2. The summed E-state index contributed by atoms with van der Waals surface area (Å²) in [4.78, 5) is 47.6. The number of ether oxygens (including phenoxy) is 3. The van der Waals surface area contributed by atoms with Crippen molar-refractivity contribution in [3.8, 4) is 12.1 Å². The van der Waals surface area contributed by atoms with E-state index in [0.717, 1.165) is 0 Å². The Kier molecular flexibility index (Phi) is 12.1. The monoisotopic (exact) mass is 530 g/mol. The summed E-state index contributed by atoms with van der Waals surface area (Å²) in [5.41, 5.74) is 1.76. The van der Waals surface area contributed by atoms with Crippen LogP contribution in [0.5, 0.6) is 0 Å². The number of hydrogen-bond donors (Lipinski definition) is 2. The molecule has 2 aromatic carbocycles. The Morgan fingerprint density at radius 1 is 0.692 bits per heavy atom. The molecule has 0 spiro atoms. The summed E-state index contributed by atoms with van der Waals surface area (Å²) in [6.07, 6.45) is 2.76. The molecule has 2 aromatic rings. The second-order valence-corrected chi connectivity index (χ2v) is 7.61. The van der Waals surface area contributed by atoms with Gasteiger partial charge in [-0.3, -0.25) is 9.59 Å². The zero-order chi connectivity index (χ0) is 28.6. The molecule has 2 N–H and O–H groups in total. The Morgan fingerprint density at radius 2 is 1.05 bits per heavy atom. The van der Waals surface area contributed by atoms with Gasteiger partial charge in [-0.2, -0.15) is 10.5 Å². The number of esters is 2. The molecule has 0 aromatic heterocycles. The lowest BCUT2D eigenvalue weighted by atomic mass is 10.1. The lowest BCUT2D eigenvalue weighted by Crippen LogP contribution is -2.23. The number of anilines is 2. The first-order chi connectivity index (χ1) is 18.8. The van der Waals surface area contributed by atoms with Crippen molar-refractivity contribution in [3.63, 3.8) is 0 Å². The van der Waals surface area contributed by atoms with Gasteiger partial charge in [-0.15, -0.1) is 0 Å². The normalized spacial score (nSPS) is 11.0. The van der Waals surface area contributed by atoms with Crippen LogP contribution in [0.1, 0.15) is 25.0 Å². The molecule has 2 amide bonds. The quantitative estimate of drug-likeness (QED) is 0.238. The smallest absolute Gasteiger partial charge is 0.348 e. The minimum Gasteiger partial charge on any atom is -0.462 e. The molecule has 11 nitrogen and oxygen atoms in total. The van der Waals surface area contributed by atoms with Gasteiger partial charge in [0, 0.05) is 11.4 Å². The fraction of sp³-hybridized carbons (Fsp3) is 0.214. The van der Waals surface area contributed by atoms with Crippen molar-refractivity contribution < 1.29 is 33.4 Å². The number of carbonyl (C=O) groups is 4. The van der Waals surface area contributed by atoms with Crippen LogP contribution in [0, 0.1) is 22.7 Å². The van der Waals surface area contributed by atoms with E-state index in [2.05, 4.69) is 10.6 Å². The van der Waals surface area contributed by atoms with Crippen molar-refractivity contribution in [3.05, 3.63) is 70.8 Å². The van der Waals surface area contributed by atoms with Gasteiger partial charge in [-0.05, 0) is 61.4 Å². The van der Waals surface area contributed by atoms with E-state index in [9.17, 15) is 19.2 Å². The summed E-state index contributed by atoms with van der Waals surface area (Å²) >= 11 is 0. The molecule has 0 bridgehead atoms. The minimum atomic E-state index is -0.715. The Balaban J connectivity index is 1.81. The molecule has 0 aliphatic carbocycles. The molecule has 0 heterocycles. The van der Waals surface area contributed by atoms with Crippen LogP contribution in [0.4, 0.5) is 11.4 Å². The molecule has 0 saturated carbocycles. The van der Waals surface area contributed by atoms with E-state index in [-0.39, 0.29) is 37.6 Å². The summed E-state index contributed by atoms with van der Waals surface area (Å²) in [5, 5.41) is 23.4. The molecule has 0 radical (unpaired) electrons. The SMILES string of the molecule is CCOC(=O)/C(C#N)=C/c1ccc(NC(=O)COCC(=O)Nc2ccc(/C=C(\C#N)C(=O)OCC)cc2)cc1. The molecule has 0 saturated heterocycles. The maximum absolute atomic E-state index is 12.1. The molecule has 2 rings (SSSR count). The van der Waals surface area contributed by atoms with Gasteiger partial charge in [0.2, 0.25) is 11.8 Å². The number of rotatable bonds is 12. The predicted molar refractivity (Wildman–Crippen MR) is 141 cm³/mol. The average molecular weight is 531 g/mol. The molecule has 0 unspecified atom stereocenters. The van der Waals surface area contributed by atoms with Crippen molar-refractivity contribution in [1.29, 1.82) is 10.5 Å². The van der Waals surface area contributed by atoms with Crippen LogP contribution in [-0.2, 0) is 33.4 Å². The number of amides is 2. The van der Waals surface area contributed by atoms with Crippen molar-refractivity contribution in [2.45, 2.75) is 13.8 Å². The number of benzene rings is 2. The fourth-order valence-electron chi connectivity index (χ4n) is 2.98. The highest BCUT2D eigenvalue weighted by Crippen LogP contribution is 2.15. The third kappa shape index (κ3) is 10.3. The fourth-order valence-corrected chi connectivity index (χ4v) is 2.98. The second-order valence-electron chi connectivity index (χ2n) is 7.61. The summed E-state index contributed by atoms with van der Waals surface area (Å²) in [7, 11) is 0. The lowest BCUT2D eigenvalue weighted by molar-refractivity contribution is -0.138. The van der Waals surface area contributed by atoms with E-state index in [0.29, 0.717) is 22.5 Å². The second kappa shape index (κ2) is 15.8. The zero-order valence-corrected chi connectivity index (χ0v) is 21.4. The van der Waals surface area contributed by atoms with Crippen LogP contribution in [0.3, 0.4) is 0 Å². The van der Waals surface area contributed by atoms with Gasteiger partial charge >= 0.3 is 11.9 Å². The van der Waals surface area contributed by atoms with Gasteiger partial charge in [0.15, 0.2) is 0 Å². The van der Waals surface area contributed by atoms with E-state index in [1.807, 2.05) is 0 Å². The van der Waals surface area contributed by atoms with E-state index >= 15 is 0 Å². The number of hydrogen-bond acceptors (Lipinski definition) is 9. The van der Waals surface area contributed by atoms with Crippen LogP contribution in [-0.4, -0.2) is 50.2 Å². The van der Waals surface area contributed by atoms with Gasteiger partial charge in [0.05, 0.1) is 13.2 Å². The van der Waals surface area contributed by atoms with Gasteiger partial charge in [0.25, 0.3) is 0 Å². The number of nitrogens with zero attached hydrogens (tertiary/aromatic N) is 2. The standard InChI is InChI=1S/C28H26N4O7/c1-3-38-27(35)21(15-29)13-19-5-9-23(10-6-19)31-25(33)17-37-18-26(34)32-24-11-7-20(8-12-24)14-22(16-30)28(36)39-4-2/h5-14H,3-4,17-18H2,1-2H3,(H,31,33)(H,32,34)/b21-13+,22-14+. The third-order valence-electron chi connectivity index (χ3n) is 4.71. The van der Waals surface area contributed by atoms with Gasteiger partial charge in [-0.1, -0.05) is 24.3 Å². The van der Waals surface area contributed by atoms with Crippen LogP contribution >= 0.6 is 0 Å². The predicted octanol–water partition coefficient (Wildman–Crippen LogP) is 3.22. The van der Waals surface area contributed by atoms with E-state index in [1.165, 1.54) is 12.2 Å². The van der Waals surface area contributed by atoms with Crippen LogP contribution in [0.15, 0.2) is 59.7 Å². The summed E-state index contributed by atoms with van der Waals surface area (Å²) < 4.78 is 14.8. The van der Waals surface area contributed by atoms with Crippen LogP contribution in [0.25, 0.3) is 12.2 Å². The molecule has 0 fully saturated rings. The lowest BCUT2D eigenvalue weighted by Gasteiger charge is -2.08. The van der Waals surface area contributed by atoms with Gasteiger partial charge in [0.1, 0.15) is 36.5 Å². The first-order valence-electron chi connectivity index (χ1n) is 11.7. The minimum absolute atomic E-state index is 0.143. The summed E-state index contributed by atoms with van der Waals surface area (Å²) in [6.45, 7) is 2.85. The summed E-state index contributed by atoms with van der Waals surface area (Å²) in [5.74, 6) is -2.40. The van der Waals surface area contributed by atoms with E-state index in [4.69, 9.17) is 24.7 Å². The molecule has 200 valence electrons. The van der Waals surface area contributed by atoms with Crippen LogP contribution in [0.2, 0.25) is 0 Å². The number of nitrogens with one attached hydrogen (secondary N) is 2. The molecular weight excluding hydrogens is 504 g/mol. The average Bonchev–Trinajstić information content (AvgIpc) is 2.92. The van der Waals surface area contributed by atoms with E-state index in [1.54, 1.807) is 74.5 Å². The Labute approximate surface area is 225 Å². The van der Waals surface area contributed by atoms with Crippen LogP contribution < -0.4 is 10.6 Å². The molecule has 0 aliphatic heterocycles. The maximum atomic E-state index is 12.1. The first kappa shape index (κ1) is 30.0. The van der Waals surface area contributed by atoms with Crippen molar-refractivity contribution in [2.24, 2.45) is 0 Å². The van der Waals surface area contributed by atoms with E-state index < -0.39 is 23.8 Å². The highest BCUT2D eigenvalue weighted by molar-refractivity contribution is 5.99. The largest absolute Gasteiger partial charge is 0.462 e. The van der Waals surface area contributed by atoms with Crippen molar-refractivity contribution in [1.82, 2.24) is 0 Å². The zero-order valence-electron chi connectivity index (χ0n) is 21.4. The Bertz CT molecular complexity index is 1230. The van der Waals surface area contributed by atoms with Crippen molar-refractivity contribution >= 4 is 47.3 Å². The Hall–Kier alpha value is -5.26. The molecule has 0 atom stereocenters. The first-order valence-corrected chi connectivity index (χ1v) is 11.7. The van der Waals surface area contributed by atoms with Crippen molar-refractivity contribution in [2.75, 3.05) is 37.1 Å². The number of carbonyl (C=O) groups excluding carboxylic acids is 4. The third-order valence-corrected chi connectivity index (χ3v) is 4.71. The highest BCUT2D eigenvalue weighted by atomic mass is 16.5. The van der Waals surface area contributed by atoms with Gasteiger partial charge < -0.3 is 24.8 Å². The Morgan fingerprint density at radius 3 is 1.36 bits per heavy atom. The molecule has 0 aliphatic rings. The molecular formula is C28H26N4O7. The summed E-state index contributed by atoms with van der Waals surface area (Å²) in [6, 6.07) is 16.4.